The van der Waals surface area contributed by atoms with E-state index < -0.39 is 21.8 Å². The van der Waals surface area contributed by atoms with E-state index in [1.54, 1.807) is 18.3 Å². The summed E-state index contributed by atoms with van der Waals surface area (Å²) in [5, 5.41) is 0. The van der Waals surface area contributed by atoms with Crippen molar-refractivity contribution < 1.29 is 21.6 Å². The topological polar surface area (TPSA) is 50.3 Å². The van der Waals surface area contributed by atoms with Crippen LogP contribution in [-0.4, -0.2) is 17.7 Å². The smallest absolute Gasteiger partial charge is 0.260 e. The molecule has 116 valence electrons. The normalized spacial score (nSPS) is 15.8. The molecule has 0 amide bonds. The van der Waals surface area contributed by atoms with Gasteiger partial charge in [0.05, 0.1) is 22.7 Å². The van der Waals surface area contributed by atoms with Gasteiger partial charge >= 0.3 is 6.18 Å². The van der Waals surface area contributed by atoms with Crippen LogP contribution in [0.4, 0.5) is 13.2 Å². The number of nitrogens with zero attached hydrogens (tertiary/aromatic N) is 2. The van der Waals surface area contributed by atoms with E-state index in [0.29, 0.717) is 11.8 Å². The molecule has 1 aliphatic rings. The van der Waals surface area contributed by atoms with Crippen molar-refractivity contribution in [1.29, 1.82) is 0 Å². The molecule has 22 heavy (non-hydrogen) atoms. The highest BCUT2D eigenvalue weighted by Crippen LogP contribution is 2.32. The number of benzene rings is 1. The van der Waals surface area contributed by atoms with Crippen molar-refractivity contribution >= 4 is 10.0 Å². The third-order valence-corrected chi connectivity index (χ3v) is 5.24. The second kappa shape index (κ2) is 5.06. The Bertz CT molecular complexity index is 794. The number of hydrogen-bond donors (Lipinski definition) is 0. The van der Waals surface area contributed by atoms with Gasteiger partial charge in [0.2, 0.25) is 10.0 Å². The third-order valence-electron chi connectivity index (χ3n) is 3.46. The lowest BCUT2D eigenvalue weighted by Crippen LogP contribution is -2.26. The predicted molar refractivity (Wildman–Crippen MR) is 72.1 cm³/mol. The van der Waals surface area contributed by atoms with Gasteiger partial charge in [-0.05, 0) is 29.8 Å². The van der Waals surface area contributed by atoms with Gasteiger partial charge in [-0.1, -0.05) is 12.1 Å². The molecular weight excluding hydrogens is 317 g/mol. The average Bonchev–Trinajstić information content (AvgIpc) is 2.91. The van der Waals surface area contributed by atoms with Crippen LogP contribution >= 0.6 is 0 Å². The Hall–Kier alpha value is -1.93. The van der Waals surface area contributed by atoms with Crippen molar-refractivity contribution in [3.05, 3.63) is 59.4 Å². The Labute approximate surface area is 125 Å². The minimum atomic E-state index is -4.58. The van der Waals surface area contributed by atoms with Gasteiger partial charge in [0.25, 0.3) is 0 Å². The molecule has 8 heteroatoms. The summed E-state index contributed by atoms with van der Waals surface area (Å²) in [7, 11) is -4.00. The highest BCUT2D eigenvalue weighted by Gasteiger charge is 2.35. The second-order valence-corrected chi connectivity index (χ2v) is 6.85. The summed E-state index contributed by atoms with van der Waals surface area (Å²) < 4.78 is 64.3. The Morgan fingerprint density at radius 3 is 2.55 bits per heavy atom. The molecule has 0 fully saturated rings. The number of pyridine rings is 1. The number of alkyl halides is 3. The Morgan fingerprint density at radius 2 is 1.86 bits per heavy atom. The van der Waals surface area contributed by atoms with E-state index in [1.807, 2.05) is 0 Å². The van der Waals surface area contributed by atoms with Gasteiger partial charge in [-0.2, -0.15) is 17.5 Å². The first-order chi connectivity index (χ1) is 10.3. The lowest BCUT2D eigenvalue weighted by Gasteiger charge is -2.16. The van der Waals surface area contributed by atoms with Gasteiger partial charge in [-0.15, -0.1) is 0 Å². The fourth-order valence-corrected chi connectivity index (χ4v) is 3.75. The zero-order valence-electron chi connectivity index (χ0n) is 11.2. The minimum absolute atomic E-state index is 0.0642. The van der Waals surface area contributed by atoms with Crippen LogP contribution < -0.4 is 0 Å². The molecule has 0 atom stereocenters. The van der Waals surface area contributed by atoms with Crippen LogP contribution in [-0.2, 0) is 29.3 Å². The molecule has 1 aliphatic heterocycles. The van der Waals surface area contributed by atoms with E-state index in [1.165, 1.54) is 6.07 Å². The fraction of sp³-hybridized carbons (Fsp3) is 0.214. The summed E-state index contributed by atoms with van der Waals surface area (Å²) >= 11 is 0. The fourth-order valence-electron chi connectivity index (χ4n) is 2.32. The van der Waals surface area contributed by atoms with Crippen molar-refractivity contribution in [3.8, 4) is 0 Å². The molecule has 3 rings (SSSR count). The van der Waals surface area contributed by atoms with Crippen LogP contribution in [0.15, 0.2) is 47.5 Å². The van der Waals surface area contributed by atoms with E-state index in [0.717, 1.165) is 22.0 Å². The van der Waals surface area contributed by atoms with Crippen molar-refractivity contribution in [2.75, 3.05) is 0 Å². The minimum Gasteiger partial charge on any atom is -0.260 e. The summed E-state index contributed by atoms with van der Waals surface area (Å²) in [4.78, 5) is 3.72. The molecule has 0 aliphatic carbocycles. The van der Waals surface area contributed by atoms with Gasteiger partial charge in [-0.25, -0.2) is 8.42 Å². The maximum absolute atomic E-state index is 12.7. The summed E-state index contributed by atoms with van der Waals surface area (Å²) in [5.41, 5.74) is 0.402. The van der Waals surface area contributed by atoms with Crippen molar-refractivity contribution in [3.63, 3.8) is 0 Å². The number of aromatic nitrogens is 1. The van der Waals surface area contributed by atoms with Gasteiger partial charge in [0.15, 0.2) is 0 Å². The summed E-state index contributed by atoms with van der Waals surface area (Å²) in [6, 6.07) is 7.21. The Balaban J connectivity index is 1.95. The SMILES string of the molecule is O=S(=O)(c1cccc(C(F)(F)F)c1)N1Cc2cccnc2C1. The molecule has 0 saturated heterocycles. The Morgan fingerprint density at radius 1 is 1.09 bits per heavy atom. The van der Waals surface area contributed by atoms with Crippen molar-refractivity contribution in [2.24, 2.45) is 0 Å². The molecule has 0 radical (unpaired) electrons. The summed E-state index contributed by atoms with van der Waals surface area (Å²) in [6.45, 7) is 0.177. The van der Waals surface area contributed by atoms with Crippen molar-refractivity contribution in [1.82, 2.24) is 9.29 Å². The molecule has 2 heterocycles. The first kappa shape index (κ1) is 15.0. The van der Waals surface area contributed by atoms with Crippen LogP contribution in [0.25, 0.3) is 0 Å². The number of fused-ring (bicyclic) bond motifs is 1. The average molecular weight is 328 g/mol. The zero-order valence-corrected chi connectivity index (χ0v) is 12.0. The first-order valence-corrected chi connectivity index (χ1v) is 7.83. The molecule has 0 unspecified atom stereocenters. The molecular formula is C14H11F3N2O2S. The third kappa shape index (κ3) is 2.59. The highest BCUT2D eigenvalue weighted by molar-refractivity contribution is 7.89. The van der Waals surface area contributed by atoms with E-state index in [4.69, 9.17) is 0 Å². The zero-order chi connectivity index (χ0) is 16.0. The van der Waals surface area contributed by atoms with Gasteiger partial charge in [0, 0.05) is 12.7 Å². The summed E-state index contributed by atoms with van der Waals surface area (Å²) in [6.07, 6.45) is -3.03. The molecule has 0 spiro atoms. The number of halogens is 3. The van der Waals surface area contributed by atoms with Crippen LogP contribution in [0.2, 0.25) is 0 Å². The van der Waals surface area contributed by atoms with Crippen LogP contribution in [0.3, 0.4) is 0 Å². The maximum atomic E-state index is 12.7. The quantitative estimate of drug-likeness (QED) is 0.852. The number of rotatable bonds is 2. The van der Waals surface area contributed by atoms with E-state index in [9.17, 15) is 21.6 Å². The van der Waals surface area contributed by atoms with Crippen molar-refractivity contribution in [2.45, 2.75) is 24.2 Å². The lowest BCUT2D eigenvalue weighted by atomic mass is 10.2. The summed E-state index contributed by atoms with van der Waals surface area (Å²) in [5.74, 6) is 0. The van der Waals surface area contributed by atoms with Crippen LogP contribution in [0.1, 0.15) is 16.8 Å². The molecule has 2 aromatic rings. The lowest BCUT2D eigenvalue weighted by molar-refractivity contribution is -0.137. The molecule has 0 bridgehead atoms. The first-order valence-electron chi connectivity index (χ1n) is 6.39. The Kier molecular flexibility index (Phi) is 3.45. The van der Waals surface area contributed by atoms with Crippen LogP contribution in [0, 0.1) is 0 Å². The number of hydrogen-bond acceptors (Lipinski definition) is 3. The van der Waals surface area contributed by atoms with E-state index in [2.05, 4.69) is 4.98 Å². The second-order valence-electron chi connectivity index (χ2n) is 4.91. The molecule has 0 N–H and O–H groups in total. The monoisotopic (exact) mass is 328 g/mol. The van der Waals surface area contributed by atoms with Gasteiger partial charge in [-0.3, -0.25) is 4.98 Å². The molecule has 1 aromatic heterocycles. The standard InChI is InChI=1S/C14H11F3N2O2S/c15-14(16,17)11-4-1-5-12(7-11)22(20,21)19-8-10-3-2-6-18-13(10)9-19/h1-7H,8-9H2. The van der Waals surface area contributed by atoms with Gasteiger partial charge < -0.3 is 0 Å². The van der Waals surface area contributed by atoms with Gasteiger partial charge in [0.1, 0.15) is 0 Å². The number of sulfonamides is 1. The highest BCUT2D eigenvalue weighted by atomic mass is 32.2. The predicted octanol–water partition coefficient (Wildman–Crippen LogP) is 2.80. The van der Waals surface area contributed by atoms with E-state index >= 15 is 0 Å². The molecule has 0 saturated carbocycles. The largest absolute Gasteiger partial charge is 0.416 e. The maximum Gasteiger partial charge on any atom is 0.416 e. The molecule has 1 aromatic carbocycles. The van der Waals surface area contributed by atoms with Crippen LogP contribution in [0.5, 0.6) is 0 Å². The van der Waals surface area contributed by atoms with E-state index in [-0.39, 0.29) is 18.0 Å². The molecule has 4 nitrogen and oxygen atoms in total.